The van der Waals surface area contributed by atoms with Gasteiger partial charge < -0.3 is 5.73 Å². The molecule has 0 aromatic carbocycles. The number of ketones is 1. The molecule has 1 heterocycles. The van der Waals surface area contributed by atoms with Gasteiger partial charge in [-0.05, 0) is 31.2 Å². The summed E-state index contributed by atoms with van der Waals surface area (Å²) in [5, 5.41) is 0. The predicted octanol–water partition coefficient (Wildman–Crippen LogP) is 1.65. The molecule has 3 heteroatoms. The van der Waals surface area contributed by atoms with Crippen molar-refractivity contribution in [3.05, 3.63) is 35.7 Å². The minimum Gasteiger partial charge on any atom is -0.330 e. The summed E-state index contributed by atoms with van der Waals surface area (Å²) in [7, 11) is 0. The van der Waals surface area contributed by atoms with E-state index in [0.717, 1.165) is 12.1 Å². The van der Waals surface area contributed by atoms with Crippen LogP contribution in [0.2, 0.25) is 0 Å². The summed E-state index contributed by atoms with van der Waals surface area (Å²) in [5.41, 5.74) is 6.64. The molecule has 0 aliphatic rings. The molecule has 0 atom stereocenters. The molecule has 3 nitrogen and oxygen atoms in total. The second kappa shape index (κ2) is 5.29. The highest BCUT2D eigenvalue weighted by Crippen LogP contribution is 2.02. The van der Waals surface area contributed by atoms with E-state index in [2.05, 4.69) is 4.98 Å². The quantitative estimate of drug-likeness (QED) is 0.734. The highest BCUT2D eigenvalue weighted by molar-refractivity contribution is 5.92. The van der Waals surface area contributed by atoms with E-state index in [0.29, 0.717) is 12.2 Å². The molecule has 0 fully saturated rings. The SMILES string of the molecule is CC(=O)c1cccc(C=CCCN)n1. The van der Waals surface area contributed by atoms with E-state index in [4.69, 9.17) is 5.73 Å². The van der Waals surface area contributed by atoms with Gasteiger partial charge in [-0.1, -0.05) is 12.1 Å². The number of nitrogens with two attached hydrogens (primary N) is 1. The van der Waals surface area contributed by atoms with Crippen LogP contribution in [-0.4, -0.2) is 17.3 Å². The molecule has 1 aromatic rings. The number of hydrogen-bond acceptors (Lipinski definition) is 3. The third-order valence-corrected chi connectivity index (χ3v) is 1.75. The average Bonchev–Trinajstić information content (AvgIpc) is 2.19. The Morgan fingerprint density at radius 3 is 3.00 bits per heavy atom. The maximum Gasteiger partial charge on any atom is 0.178 e. The van der Waals surface area contributed by atoms with E-state index in [1.807, 2.05) is 24.3 Å². The van der Waals surface area contributed by atoms with Gasteiger partial charge in [0.1, 0.15) is 5.69 Å². The molecule has 2 N–H and O–H groups in total. The second-order valence-electron chi connectivity index (χ2n) is 2.98. The minimum atomic E-state index is -0.0147. The van der Waals surface area contributed by atoms with Crippen LogP contribution in [0.3, 0.4) is 0 Å². The molecule has 0 saturated carbocycles. The molecule has 1 rings (SSSR count). The van der Waals surface area contributed by atoms with E-state index in [1.54, 1.807) is 6.07 Å². The van der Waals surface area contributed by atoms with Crippen molar-refractivity contribution in [2.24, 2.45) is 5.73 Å². The number of hydrogen-bond donors (Lipinski definition) is 1. The molecular weight excluding hydrogens is 176 g/mol. The first kappa shape index (κ1) is 10.6. The molecule has 0 amide bonds. The molecule has 1 aromatic heterocycles. The number of carbonyl (C=O) groups excluding carboxylic acids is 1. The smallest absolute Gasteiger partial charge is 0.178 e. The topological polar surface area (TPSA) is 56.0 Å². The van der Waals surface area contributed by atoms with E-state index in [1.165, 1.54) is 6.92 Å². The zero-order chi connectivity index (χ0) is 10.4. The summed E-state index contributed by atoms with van der Waals surface area (Å²) in [6.45, 7) is 2.14. The van der Waals surface area contributed by atoms with Gasteiger partial charge in [0.05, 0.1) is 5.69 Å². The summed E-state index contributed by atoms with van der Waals surface area (Å²) >= 11 is 0. The van der Waals surface area contributed by atoms with Gasteiger partial charge in [-0.3, -0.25) is 4.79 Å². The van der Waals surface area contributed by atoms with Crippen LogP contribution in [0.4, 0.5) is 0 Å². The van der Waals surface area contributed by atoms with Crippen LogP contribution >= 0.6 is 0 Å². The predicted molar refractivity (Wildman–Crippen MR) is 56.9 cm³/mol. The lowest BCUT2D eigenvalue weighted by Gasteiger charge is -1.96. The van der Waals surface area contributed by atoms with Crippen molar-refractivity contribution in [2.75, 3.05) is 6.54 Å². The Bertz CT molecular complexity index is 345. The normalized spacial score (nSPS) is 10.7. The van der Waals surface area contributed by atoms with Crippen LogP contribution < -0.4 is 5.73 Å². The van der Waals surface area contributed by atoms with Gasteiger partial charge in [0.25, 0.3) is 0 Å². The summed E-state index contributed by atoms with van der Waals surface area (Å²) in [5.74, 6) is -0.0147. The highest BCUT2D eigenvalue weighted by Gasteiger charge is 1.99. The third-order valence-electron chi connectivity index (χ3n) is 1.75. The lowest BCUT2D eigenvalue weighted by Crippen LogP contribution is -1.97. The Morgan fingerprint density at radius 2 is 2.36 bits per heavy atom. The fourth-order valence-electron chi connectivity index (χ4n) is 1.04. The van der Waals surface area contributed by atoms with E-state index in [-0.39, 0.29) is 5.78 Å². The molecule has 74 valence electrons. The van der Waals surface area contributed by atoms with Crippen molar-refractivity contribution in [1.29, 1.82) is 0 Å². The summed E-state index contributed by atoms with van der Waals surface area (Å²) in [6, 6.07) is 5.40. The monoisotopic (exact) mass is 190 g/mol. The Kier molecular flexibility index (Phi) is 4.01. The number of rotatable bonds is 4. The second-order valence-corrected chi connectivity index (χ2v) is 2.98. The zero-order valence-corrected chi connectivity index (χ0v) is 8.23. The fourth-order valence-corrected chi connectivity index (χ4v) is 1.04. The maximum atomic E-state index is 11.0. The number of aromatic nitrogens is 1. The van der Waals surface area contributed by atoms with Crippen LogP contribution in [0, 0.1) is 0 Å². The first-order valence-corrected chi connectivity index (χ1v) is 4.58. The molecule has 0 radical (unpaired) electrons. The van der Waals surface area contributed by atoms with Crippen LogP contribution in [0.1, 0.15) is 29.5 Å². The van der Waals surface area contributed by atoms with Gasteiger partial charge in [0.2, 0.25) is 0 Å². The van der Waals surface area contributed by atoms with Crippen LogP contribution in [0.15, 0.2) is 24.3 Å². The van der Waals surface area contributed by atoms with Crippen molar-refractivity contribution in [1.82, 2.24) is 4.98 Å². The van der Waals surface area contributed by atoms with Gasteiger partial charge in [0, 0.05) is 6.92 Å². The van der Waals surface area contributed by atoms with Crippen molar-refractivity contribution in [3.8, 4) is 0 Å². The van der Waals surface area contributed by atoms with Crippen molar-refractivity contribution in [2.45, 2.75) is 13.3 Å². The van der Waals surface area contributed by atoms with Crippen LogP contribution in [0.5, 0.6) is 0 Å². The Hall–Kier alpha value is -1.48. The number of carbonyl (C=O) groups is 1. The highest BCUT2D eigenvalue weighted by atomic mass is 16.1. The summed E-state index contributed by atoms with van der Waals surface area (Å²) < 4.78 is 0. The molecule has 0 aliphatic heterocycles. The molecule has 0 bridgehead atoms. The molecule has 14 heavy (non-hydrogen) atoms. The van der Waals surface area contributed by atoms with Crippen molar-refractivity contribution < 1.29 is 4.79 Å². The van der Waals surface area contributed by atoms with Crippen LogP contribution in [0.25, 0.3) is 6.08 Å². The van der Waals surface area contributed by atoms with Crippen LogP contribution in [-0.2, 0) is 0 Å². The Balaban J connectivity index is 2.78. The van der Waals surface area contributed by atoms with Crippen molar-refractivity contribution >= 4 is 11.9 Å². The van der Waals surface area contributed by atoms with Gasteiger partial charge in [-0.2, -0.15) is 0 Å². The van der Waals surface area contributed by atoms with E-state index >= 15 is 0 Å². The number of pyridine rings is 1. The van der Waals surface area contributed by atoms with Gasteiger partial charge in [-0.25, -0.2) is 4.98 Å². The summed E-state index contributed by atoms with van der Waals surface area (Å²) in [4.78, 5) is 15.2. The minimum absolute atomic E-state index is 0.0147. The average molecular weight is 190 g/mol. The number of Topliss-reactive ketones (excluding diaryl/α,β-unsaturated/α-hetero) is 1. The third kappa shape index (κ3) is 3.11. The molecule has 0 saturated heterocycles. The van der Waals surface area contributed by atoms with Crippen molar-refractivity contribution in [3.63, 3.8) is 0 Å². The lowest BCUT2D eigenvalue weighted by atomic mass is 10.2. The fraction of sp³-hybridized carbons (Fsp3) is 0.273. The first-order valence-electron chi connectivity index (χ1n) is 4.58. The van der Waals surface area contributed by atoms with Gasteiger partial charge in [-0.15, -0.1) is 0 Å². The van der Waals surface area contributed by atoms with Gasteiger partial charge in [0.15, 0.2) is 5.78 Å². The zero-order valence-electron chi connectivity index (χ0n) is 8.23. The number of nitrogens with zero attached hydrogens (tertiary/aromatic N) is 1. The molecule has 0 aliphatic carbocycles. The maximum absolute atomic E-state index is 11.0. The first-order chi connectivity index (χ1) is 6.74. The lowest BCUT2D eigenvalue weighted by molar-refractivity contribution is 0.101. The molecule has 0 spiro atoms. The molecular formula is C11H14N2O. The van der Waals surface area contributed by atoms with E-state index in [9.17, 15) is 4.79 Å². The largest absolute Gasteiger partial charge is 0.330 e. The molecule has 0 unspecified atom stereocenters. The summed E-state index contributed by atoms with van der Waals surface area (Å²) in [6.07, 6.45) is 4.65. The Labute approximate surface area is 83.7 Å². The van der Waals surface area contributed by atoms with Gasteiger partial charge >= 0.3 is 0 Å². The van der Waals surface area contributed by atoms with E-state index < -0.39 is 0 Å². The Morgan fingerprint density at radius 1 is 1.57 bits per heavy atom. The standard InChI is InChI=1S/C11H14N2O/c1-9(14)11-7-4-6-10(13-11)5-2-3-8-12/h2,4-7H,3,8,12H2,1H3.